The first-order valence-corrected chi connectivity index (χ1v) is 6.80. The van der Waals surface area contributed by atoms with Crippen LogP contribution in [-0.2, 0) is 5.41 Å². The molecule has 3 heteroatoms. The Labute approximate surface area is 110 Å². The average Bonchev–Trinajstić information content (AvgIpc) is 2.69. The Morgan fingerprint density at radius 3 is 2.22 bits per heavy atom. The first-order chi connectivity index (χ1) is 8.43. The molecule has 3 unspecified atom stereocenters. The molecule has 1 heterocycles. The van der Waals surface area contributed by atoms with E-state index < -0.39 is 0 Å². The second-order valence-corrected chi connectivity index (χ2v) is 6.23. The molecule has 1 saturated heterocycles. The maximum atomic E-state index is 6.13. The van der Waals surface area contributed by atoms with Gasteiger partial charge in [-0.25, -0.2) is 5.43 Å². The number of benzene rings is 1. The molecular formula is C15H25N3. The molecule has 0 saturated carbocycles. The van der Waals surface area contributed by atoms with Crippen LogP contribution in [0.1, 0.15) is 51.2 Å². The number of rotatable bonds is 2. The van der Waals surface area contributed by atoms with Crippen molar-refractivity contribution < 1.29 is 0 Å². The highest BCUT2D eigenvalue weighted by atomic mass is 15.4. The highest BCUT2D eigenvalue weighted by Gasteiger charge is 2.33. The van der Waals surface area contributed by atoms with Crippen LogP contribution < -0.4 is 16.6 Å². The van der Waals surface area contributed by atoms with Crippen molar-refractivity contribution in [3.63, 3.8) is 0 Å². The topological polar surface area (TPSA) is 50.1 Å². The fourth-order valence-electron chi connectivity index (χ4n) is 2.63. The van der Waals surface area contributed by atoms with Gasteiger partial charge in [-0.1, -0.05) is 52.0 Å². The smallest absolute Gasteiger partial charge is 0.0764 e. The van der Waals surface area contributed by atoms with Crippen molar-refractivity contribution in [2.24, 2.45) is 5.73 Å². The molecule has 1 aliphatic rings. The summed E-state index contributed by atoms with van der Waals surface area (Å²) in [4.78, 5) is 0. The Morgan fingerprint density at radius 2 is 1.72 bits per heavy atom. The summed E-state index contributed by atoms with van der Waals surface area (Å²) in [5.41, 5.74) is 15.4. The predicted octanol–water partition coefficient (Wildman–Crippen LogP) is 2.24. The van der Waals surface area contributed by atoms with Crippen molar-refractivity contribution in [2.45, 2.75) is 57.7 Å². The second kappa shape index (κ2) is 5.00. The van der Waals surface area contributed by atoms with Crippen molar-refractivity contribution >= 4 is 0 Å². The maximum absolute atomic E-state index is 6.13. The monoisotopic (exact) mass is 247 g/mol. The zero-order chi connectivity index (χ0) is 13.3. The molecule has 0 bridgehead atoms. The molecule has 100 valence electrons. The lowest BCUT2D eigenvalue weighted by Gasteiger charge is -2.23. The van der Waals surface area contributed by atoms with Crippen LogP contribution in [0.15, 0.2) is 24.3 Å². The van der Waals surface area contributed by atoms with E-state index in [-0.39, 0.29) is 11.6 Å². The van der Waals surface area contributed by atoms with Gasteiger partial charge in [-0.15, -0.1) is 0 Å². The van der Waals surface area contributed by atoms with E-state index in [1.807, 2.05) is 0 Å². The molecule has 0 radical (unpaired) electrons. The molecule has 0 aliphatic carbocycles. The molecule has 4 N–H and O–H groups in total. The SMILES string of the molecule is CCC1NNC(N)C1c1ccc(C(C)(C)C)cc1. The summed E-state index contributed by atoms with van der Waals surface area (Å²) in [5, 5.41) is 0. The Kier molecular flexibility index (Phi) is 3.76. The van der Waals surface area contributed by atoms with Gasteiger partial charge in [0.15, 0.2) is 0 Å². The maximum Gasteiger partial charge on any atom is 0.0764 e. The number of nitrogens with one attached hydrogen (secondary N) is 2. The summed E-state index contributed by atoms with van der Waals surface area (Å²) in [6.45, 7) is 8.90. The van der Waals surface area contributed by atoms with Crippen molar-refractivity contribution in [3.05, 3.63) is 35.4 Å². The normalized spacial score (nSPS) is 28.6. The summed E-state index contributed by atoms with van der Waals surface area (Å²) in [7, 11) is 0. The summed E-state index contributed by atoms with van der Waals surface area (Å²) >= 11 is 0. The number of hydrogen-bond donors (Lipinski definition) is 3. The van der Waals surface area contributed by atoms with E-state index in [0.717, 1.165) is 6.42 Å². The van der Waals surface area contributed by atoms with Gasteiger partial charge in [0.25, 0.3) is 0 Å². The Balaban J connectivity index is 2.23. The van der Waals surface area contributed by atoms with Crippen LogP contribution in [0.3, 0.4) is 0 Å². The number of hydrazine groups is 1. The van der Waals surface area contributed by atoms with Gasteiger partial charge in [-0.3, -0.25) is 5.43 Å². The van der Waals surface area contributed by atoms with Gasteiger partial charge in [0.2, 0.25) is 0 Å². The quantitative estimate of drug-likeness (QED) is 0.751. The average molecular weight is 247 g/mol. The highest BCUT2D eigenvalue weighted by molar-refractivity contribution is 5.31. The van der Waals surface area contributed by atoms with Crippen LogP contribution >= 0.6 is 0 Å². The number of hydrogen-bond acceptors (Lipinski definition) is 3. The van der Waals surface area contributed by atoms with Crippen LogP contribution in [0.2, 0.25) is 0 Å². The van der Waals surface area contributed by atoms with Gasteiger partial charge in [0.1, 0.15) is 0 Å². The molecule has 18 heavy (non-hydrogen) atoms. The molecule has 1 aromatic carbocycles. The lowest BCUT2D eigenvalue weighted by molar-refractivity contribution is 0.510. The Hall–Kier alpha value is -0.900. The lowest BCUT2D eigenvalue weighted by Crippen LogP contribution is -2.38. The fraction of sp³-hybridized carbons (Fsp3) is 0.600. The van der Waals surface area contributed by atoms with Gasteiger partial charge in [0, 0.05) is 12.0 Å². The van der Waals surface area contributed by atoms with Gasteiger partial charge in [-0.05, 0) is 23.0 Å². The number of nitrogens with two attached hydrogens (primary N) is 1. The van der Waals surface area contributed by atoms with Crippen molar-refractivity contribution in [1.82, 2.24) is 10.9 Å². The minimum Gasteiger partial charge on any atom is -0.314 e. The Bertz CT molecular complexity index is 391. The van der Waals surface area contributed by atoms with Crippen LogP contribution in [0, 0.1) is 0 Å². The fourth-order valence-corrected chi connectivity index (χ4v) is 2.63. The largest absolute Gasteiger partial charge is 0.314 e. The van der Waals surface area contributed by atoms with E-state index in [4.69, 9.17) is 5.73 Å². The third-order valence-corrected chi connectivity index (χ3v) is 3.86. The van der Waals surface area contributed by atoms with Crippen LogP contribution in [0.25, 0.3) is 0 Å². The standard InChI is InChI=1S/C15H25N3/c1-5-12-13(14(16)18-17-12)10-6-8-11(9-7-10)15(2,3)4/h6-9,12-14,17-18H,5,16H2,1-4H3. The zero-order valence-electron chi connectivity index (χ0n) is 11.8. The van der Waals surface area contributed by atoms with Gasteiger partial charge in [-0.2, -0.15) is 0 Å². The third-order valence-electron chi connectivity index (χ3n) is 3.86. The van der Waals surface area contributed by atoms with Gasteiger partial charge < -0.3 is 5.73 Å². The van der Waals surface area contributed by atoms with Crippen LogP contribution in [0.5, 0.6) is 0 Å². The van der Waals surface area contributed by atoms with E-state index in [2.05, 4.69) is 62.8 Å². The molecule has 0 amide bonds. The van der Waals surface area contributed by atoms with Crippen molar-refractivity contribution in [1.29, 1.82) is 0 Å². The van der Waals surface area contributed by atoms with E-state index in [0.29, 0.717) is 12.0 Å². The molecule has 1 aromatic rings. The molecular weight excluding hydrogens is 222 g/mol. The molecule has 3 nitrogen and oxygen atoms in total. The zero-order valence-corrected chi connectivity index (χ0v) is 11.8. The minimum absolute atomic E-state index is 0.00423. The van der Waals surface area contributed by atoms with Crippen LogP contribution in [0.4, 0.5) is 0 Å². The van der Waals surface area contributed by atoms with Crippen LogP contribution in [-0.4, -0.2) is 12.2 Å². The molecule has 1 aliphatic heterocycles. The molecule has 3 atom stereocenters. The second-order valence-electron chi connectivity index (χ2n) is 6.23. The molecule has 0 aromatic heterocycles. The van der Waals surface area contributed by atoms with Gasteiger partial charge in [0.05, 0.1) is 6.17 Å². The summed E-state index contributed by atoms with van der Waals surface area (Å²) < 4.78 is 0. The minimum atomic E-state index is -0.00423. The van der Waals surface area contributed by atoms with Gasteiger partial charge >= 0.3 is 0 Å². The molecule has 1 fully saturated rings. The predicted molar refractivity (Wildman–Crippen MR) is 76.2 cm³/mol. The van der Waals surface area contributed by atoms with Crippen molar-refractivity contribution in [3.8, 4) is 0 Å². The molecule has 0 spiro atoms. The Morgan fingerprint density at radius 1 is 1.11 bits per heavy atom. The molecule has 2 rings (SSSR count). The summed E-state index contributed by atoms with van der Waals surface area (Å²) in [5.74, 6) is 0.351. The van der Waals surface area contributed by atoms with E-state index >= 15 is 0 Å². The van der Waals surface area contributed by atoms with E-state index in [1.54, 1.807) is 0 Å². The van der Waals surface area contributed by atoms with E-state index in [9.17, 15) is 0 Å². The highest BCUT2D eigenvalue weighted by Crippen LogP contribution is 2.29. The lowest BCUT2D eigenvalue weighted by atomic mass is 9.84. The van der Waals surface area contributed by atoms with Crippen molar-refractivity contribution in [2.75, 3.05) is 0 Å². The van der Waals surface area contributed by atoms with E-state index in [1.165, 1.54) is 11.1 Å². The summed E-state index contributed by atoms with van der Waals surface area (Å²) in [6.07, 6.45) is 1.07. The first-order valence-electron chi connectivity index (χ1n) is 6.80. The first kappa shape index (κ1) is 13.5. The summed E-state index contributed by atoms with van der Waals surface area (Å²) in [6, 6.07) is 9.32. The third kappa shape index (κ3) is 2.58.